The highest BCUT2D eigenvalue weighted by molar-refractivity contribution is 14.1. The topological polar surface area (TPSA) is 88.4 Å². The van der Waals surface area contributed by atoms with Gasteiger partial charge in [0.1, 0.15) is 5.82 Å². The number of nitro benzene ring substituents is 1. The molecule has 0 aliphatic rings. The third kappa shape index (κ3) is 4.15. The van der Waals surface area contributed by atoms with Gasteiger partial charge in [0.25, 0.3) is 11.6 Å². The second-order valence-electron chi connectivity index (χ2n) is 4.98. The summed E-state index contributed by atoms with van der Waals surface area (Å²) in [6.45, 7) is 0.291. The van der Waals surface area contributed by atoms with Gasteiger partial charge in [0.2, 0.25) is 0 Å². The van der Waals surface area contributed by atoms with E-state index in [1.807, 2.05) is 47.7 Å². The summed E-state index contributed by atoms with van der Waals surface area (Å²) in [7, 11) is 3.74. The smallest absolute Gasteiger partial charge is 0.270 e. The highest BCUT2D eigenvalue weighted by atomic mass is 127. The van der Waals surface area contributed by atoms with Crippen LogP contribution in [0.2, 0.25) is 0 Å². The molecular weight excluding hydrogens is 411 g/mol. The van der Waals surface area contributed by atoms with Gasteiger partial charge in [0.15, 0.2) is 0 Å². The van der Waals surface area contributed by atoms with Crippen molar-refractivity contribution in [1.82, 2.24) is 10.3 Å². The van der Waals surface area contributed by atoms with E-state index in [9.17, 15) is 14.9 Å². The summed E-state index contributed by atoms with van der Waals surface area (Å²) < 4.78 is 0.657. The molecule has 0 bridgehead atoms. The molecule has 1 aromatic carbocycles. The van der Waals surface area contributed by atoms with E-state index in [1.165, 1.54) is 12.1 Å². The monoisotopic (exact) mass is 426 g/mol. The molecule has 0 radical (unpaired) electrons. The molecule has 0 fully saturated rings. The van der Waals surface area contributed by atoms with Gasteiger partial charge in [0, 0.05) is 48.1 Å². The molecule has 8 heteroatoms. The summed E-state index contributed by atoms with van der Waals surface area (Å²) >= 11 is 1.98. The van der Waals surface area contributed by atoms with Crippen LogP contribution in [0.25, 0.3) is 0 Å². The normalized spacial score (nSPS) is 10.2. The lowest BCUT2D eigenvalue weighted by Gasteiger charge is -2.16. The quantitative estimate of drug-likeness (QED) is 0.451. The average Bonchev–Trinajstić information content (AvgIpc) is 2.53. The lowest BCUT2D eigenvalue weighted by Crippen LogP contribution is -2.25. The highest BCUT2D eigenvalue weighted by Gasteiger charge is 2.16. The molecule has 0 saturated heterocycles. The van der Waals surface area contributed by atoms with Crippen molar-refractivity contribution in [2.45, 2.75) is 6.54 Å². The Morgan fingerprint density at radius 3 is 2.78 bits per heavy atom. The van der Waals surface area contributed by atoms with Crippen molar-refractivity contribution in [3.63, 3.8) is 0 Å². The molecule has 120 valence electrons. The Hall–Kier alpha value is -2.23. The second kappa shape index (κ2) is 7.36. The number of carbonyl (C=O) groups is 1. The Kier molecular flexibility index (Phi) is 5.48. The van der Waals surface area contributed by atoms with Crippen LogP contribution in [0.5, 0.6) is 0 Å². The summed E-state index contributed by atoms with van der Waals surface area (Å²) in [5, 5.41) is 13.6. The van der Waals surface area contributed by atoms with Crippen LogP contribution in [-0.4, -0.2) is 29.9 Å². The molecule has 2 rings (SSSR count). The van der Waals surface area contributed by atoms with E-state index in [-0.39, 0.29) is 17.2 Å². The molecule has 23 heavy (non-hydrogen) atoms. The number of non-ortho nitro benzene ring substituents is 1. The van der Waals surface area contributed by atoms with Crippen molar-refractivity contribution in [3.8, 4) is 0 Å². The zero-order valence-electron chi connectivity index (χ0n) is 12.6. The van der Waals surface area contributed by atoms with Crippen LogP contribution in [0.15, 0.2) is 36.5 Å². The maximum absolute atomic E-state index is 12.3. The summed E-state index contributed by atoms with van der Waals surface area (Å²) in [6, 6.07) is 7.90. The van der Waals surface area contributed by atoms with Crippen LogP contribution in [-0.2, 0) is 6.54 Å². The van der Waals surface area contributed by atoms with E-state index in [2.05, 4.69) is 10.3 Å². The number of carbonyl (C=O) groups excluding carboxylic acids is 1. The molecule has 1 N–H and O–H groups in total. The Labute approximate surface area is 147 Å². The first kappa shape index (κ1) is 17.1. The van der Waals surface area contributed by atoms with Gasteiger partial charge in [-0.05, 0) is 34.7 Å². The van der Waals surface area contributed by atoms with Gasteiger partial charge in [0.05, 0.1) is 10.5 Å². The predicted molar refractivity (Wildman–Crippen MR) is 95.5 cm³/mol. The third-order valence-corrected chi connectivity index (χ3v) is 4.08. The fraction of sp³-hybridized carbons (Fsp3) is 0.200. The summed E-state index contributed by atoms with van der Waals surface area (Å²) in [5.74, 6) is 0.410. The van der Waals surface area contributed by atoms with Gasteiger partial charge in [-0.2, -0.15) is 0 Å². The molecule has 7 nitrogen and oxygen atoms in total. The third-order valence-electron chi connectivity index (χ3n) is 3.14. The summed E-state index contributed by atoms with van der Waals surface area (Å²) in [4.78, 5) is 28.8. The van der Waals surface area contributed by atoms with E-state index < -0.39 is 4.92 Å². The predicted octanol–water partition coefficient (Wildman–Crippen LogP) is 2.59. The van der Waals surface area contributed by atoms with E-state index in [0.717, 1.165) is 11.4 Å². The molecular formula is C15H15IN4O3. The van der Waals surface area contributed by atoms with E-state index >= 15 is 0 Å². The van der Waals surface area contributed by atoms with E-state index in [0.29, 0.717) is 10.1 Å². The van der Waals surface area contributed by atoms with Gasteiger partial charge in [-0.1, -0.05) is 6.07 Å². The number of rotatable bonds is 5. The number of nitrogens with zero attached hydrogens (tertiary/aromatic N) is 3. The molecule has 0 spiro atoms. The van der Waals surface area contributed by atoms with E-state index in [1.54, 1.807) is 18.3 Å². The number of nitro groups is 1. The Morgan fingerprint density at radius 2 is 2.13 bits per heavy atom. The number of halogens is 1. The van der Waals surface area contributed by atoms with Gasteiger partial charge in [-0.25, -0.2) is 4.98 Å². The number of hydrogen-bond acceptors (Lipinski definition) is 5. The molecule has 2 aromatic rings. The molecule has 0 atom stereocenters. The number of hydrogen-bond donors (Lipinski definition) is 1. The van der Waals surface area contributed by atoms with Crippen LogP contribution in [0, 0.1) is 13.7 Å². The zero-order valence-corrected chi connectivity index (χ0v) is 14.8. The Morgan fingerprint density at radius 1 is 1.39 bits per heavy atom. The molecule has 0 unspecified atom stereocenters. The largest absolute Gasteiger partial charge is 0.362 e. The van der Waals surface area contributed by atoms with Crippen molar-refractivity contribution in [2.75, 3.05) is 19.0 Å². The number of anilines is 1. The SMILES string of the molecule is CN(C)c1ncccc1CNC(=O)c1cc([N+](=O)[O-])ccc1I. The molecule has 0 aliphatic carbocycles. The highest BCUT2D eigenvalue weighted by Crippen LogP contribution is 2.20. The number of pyridine rings is 1. The lowest BCUT2D eigenvalue weighted by atomic mass is 10.2. The minimum atomic E-state index is -0.516. The van der Waals surface area contributed by atoms with Gasteiger partial charge < -0.3 is 10.2 Å². The lowest BCUT2D eigenvalue weighted by molar-refractivity contribution is -0.384. The van der Waals surface area contributed by atoms with Gasteiger partial charge >= 0.3 is 0 Å². The van der Waals surface area contributed by atoms with Gasteiger partial charge in [-0.3, -0.25) is 14.9 Å². The first-order valence-corrected chi connectivity index (χ1v) is 7.81. The maximum atomic E-state index is 12.3. The Balaban J connectivity index is 2.18. The second-order valence-corrected chi connectivity index (χ2v) is 6.15. The first-order chi connectivity index (χ1) is 10.9. The van der Waals surface area contributed by atoms with Crippen molar-refractivity contribution in [1.29, 1.82) is 0 Å². The molecule has 1 heterocycles. The minimum Gasteiger partial charge on any atom is -0.362 e. The van der Waals surface area contributed by atoms with Crippen molar-refractivity contribution >= 4 is 40.0 Å². The standard InChI is InChI=1S/C15H15IN4O3/c1-19(2)14-10(4-3-7-17-14)9-18-15(21)12-8-11(20(22)23)5-6-13(12)16/h3-8H,9H2,1-2H3,(H,18,21). The van der Waals surface area contributed by atoms with Crippen LogP contribution in [0.1, 0.15) is 15.9 Å². The van der Waals surface area contributed by atoms with Crippen LogP contribution in [0.4, 0.5) is 11.5 Å². The van der Waals surface area contributed by atoms with Crippen molar-refractivity contribution < 1.29 is 9.72 Å². The number of aromatic nitrogens is 1. The van der Waals surface area contributed by atoms with Crippen LogP contribution in [0.3, 0.4) is 0 Å². The zero-order chi connectivity index (χ0) is 17.0. The molecule has 1 aromatic heterocycles. The van der Waals surface area contributed by atoms with Crippen molar-refractivity contribution in [3.05, 3.63) is 61.3 Å². The molecule has 0 aliphatic heterocycles. The van der Waals surface area contributed by atoms with Crippen molar-refractivity contribution in [2.24, 2.45) is 0 Å². The average molecular weight is 426 g/mol. The molecule has 1 amide bonds. The first-order valence-electron chi connectivity index (χ1n) is 6.73. The number of amides is 1. The van der Waals surface area contributed by atoms with Crippen LogP contribution >= 0.6 is 22.6 Å². The summed E-state index contributed by atoms with van der Waals surface area (Å²) in [6.07, 6.45) is 1.68. The Bertz CT molecular complexity index is 749. The molecule has 0 saturated carbocycles. The van der Waals surface area contributed by atoms with Gasteiger partial charge in [-0.15, -0.1) is 0 Å². The van der Waals surface area contributed by atoms with E-state index in [4.69, 9.17) is 0 Å². The number of nitrogens with one attached hydrogen (secondary N) is 1. The minimum absolute atomic E-state index is 0.106. The maximum Gasteiger partial charge on any atom is 0.270 e. The summed E-state index contributed by atoms with van der Waals surface area (Å²) in [5.41, 5.74) is 1.05. The fourth-order valence-corrected chi connectivity index (χ4v) is 2.62. The van der Waals surface area contributed by atoms with Crippen LogP contribution < -0.4 is 10.2 Å². The fourth-order valence-electron chi connectivity index (χ4n) is 2.04. The number of benzene rings is 1.